The van der Waals surface area contributed by atoms with Crippen LogP contribution in [0.1, 0.15) is 26.7 Å². The molecule has 19 heavy (non-hydrogen) atoms. The van der Waals surface area contributed by atoms with Crippen LogP contribution in [0.5, 0.6) is 0 Å². The van der Waals surface area contributed by atoms with Crippen molar-refractivity contribution in [1.82, 2.24) is 4.90 Å². The highest BCUT2D eigenvalue weighted by molar-refractivity contribution is 5.85. The fraction of sp³-hybridized carbons (Fsp3) is 0.714. The minimum Gasteiger partial charge on any atom is -0.481 e. The van der Waals surface area contributed by atoms with Gasteiger partial charge >= 0.3 is 5.97 Å². The molecule has 5 nitrogen and oxygen atoms in total. The van der Waals surface area contributed by atoms with E-state index < -0.39 is 17.8 Å². The van der Waals surface area contributed by atoms with E-state index >= 15 is 0 Å². The van der Waals surface area contributed by atoms with Gasteiger partial charge in [0.15, 0.2) is 0 Å². The fourth-order valence-electron chi connectivity index (χ4n) is 2.34. The predicted molar refractivity (Wildman–Crippen MR) is 71.7 cm³/mol. The summed E-state index contributed by atoms with van der Waals surface area (Å²) in [5.41, 5.74) is 0. The van der Waals surface area contributed by atoms with Crippen molar-refractivity contribution in [2.75, 3.05) is 26.3 Å². The van der Waals surface area contributed by atoms with Gasteiger partial charge in [-0.25, -0.2) is 0 Å². The third kappa shape index (κ3) is 4.35. The van der Waals surface area contributed by atoms with Crippen LogP contribution in [-0.4, -0.2) is 48.2 Å². The van der Waals surface area contributed by atoms with Crippen LogP contribution in [-0.2, 0) is 14.3 Å². The number of amides is 1. The number of hydrogen-bond acceptors (Lipinski definition) is 3. The molecular formula is C14H23NO4. The number of allylic oxidation sites excluding steroid dienone is 2. The Kier molecular flexibility index (Phi) is 6.56. The smallest absolute Gasteiger partial charge is 0.307 e. The highest BCUT2D eigenvalue weighted by Gasteiger charge is 2.35. The zero-order chi connectivity index (χ0) is 14.3. The lowest BCUT2D eigenvalue weighted by molar-refractivity contribution is -0.150. The van der Waals surface area contributed by atoms with Crippen LogP contribution in [0.4, 0.5) is 0 Å². The lowest BCUT2D eigenvalue weighted by Crippen LogP contribution is -2.43. The molecule has 1 rings (SSSR count). The van der Waals surface area contributed by atoms with Gasteiger partial charge in [0.05, 0.1) is 18.4 Å². The van der Waals surface area contributed by atoms with Crippen molar-refractivity contribution in [3.63, 3.8) is 0 Å². The van der Waals surface area contributed by atoms with Gasteiger partial charge in [-0.1, -0.05) is 12.2 Å². The SMILES string of the molecule is CCOCCN(CC)C(=O)[C@@H]1CC=CC[C@@H]1C(=O)O. The van der Waals surface area contributed by atoms with Gasteiger partial charge in [0, 0.05) is 19.7 Å². The maximum atomic E-state index is 12.4. The molecule has 0 spiro atoms. The van der Waals surface area contributed by atoms with Crippen molar-refractivity contribution in [2.24, 2.45) is 11.8 Å². The zero-order valence-corrected chi connectivity index (χ0v) is 11.7. The number of nitrogens with zero attached hydrogens (tertiary/aromatic N) is 1. The van der Waals surface area contributed by atoms with Gasteiger partial charge in [0.2, 0.25) is 5.91 Å². The molecule has 0 aromatic heterocycles. The number of rotatable bonds is 7. The topological polar surface area (TPSA) is 66.8 Å². The molecule has 0 radical (unpaired) electrons. The van der Waals surface area contributed by atoms with Crippen molar-refractivity contribution in [1.29, 1.82) is 0 Å². The Bertz CT molecular complexity index is 340. The first-order valence-electron chi connectivity index (χ1n) is 6.86. The number of carbonyl (C=O) groups excluding carboxylic acids is 1. The van der Waals surface area contributed by atoms with Crippen LogP contribution >= 0.6 is 0 Å². The summed E-state index contributed by atoms with van der Waals surface area (Å²) in [4.78, 5) is 25.3. The Balaban J connectivity index is 2.66. The molecule has 108 valence electrons. The van der Waals surface area contributed by atoms with E-state index in [-0.39, 0.29) is 5.91 Å². The number of ether oxygens (including phenoxy) is 1. The van der Waals surface area contributed by atoms with Gasteiger partial charge in [-0.2, -0.15) is 0 Å². The zero-order valence-electron chi connectivity index (χ0n) is 11.7. The molecule has 5 heteroatoms. The average molecular weight is 269 g/mol. The lowest BCUT2D eigenvalue weighted by atomic mass is 9.82. The Morgan fingerprint density at radius 1 is 1.26 bits per heavy atom. The molecule has 0 saturated heterocycles. The van der Waals surface area contributed by atoms with Crippen molar-refractivity contribution < 1.29 is 19.4 Å². The molecule has 0 unspecified atom stereocenters. The third-order valence-electron chi connectivity index (χ3n) is 3.47. The molecule has 0 aromatic carbocycles. The summed E-state index contributed by atoms with van der Waals surface area (Å²) in [7, 11) is 0. The van der Waals surface area contributed by atoms with Crippen molar-refractivity contribution >= 4 is 11.9 Å². The maximum Gasteiger partial charge on any atom is 0.307 e. The largest absolute Gasteiger partial charge is 0.481 e. The summed E-state index contributed by atoms with van der Waals surface area (Å²) in [6, 6.07) is 0. The molecule has 0 heterocycles. The molecule has 0 bridgehead atoms. The van der Waals surface area contributed by atoms with E-state index in [0.717, 1.165) is 0 Å². The van der Waals surface area contributed by atoms with Gasteiger partial charge in [-0.15, -0.1) is 0 Å². The molecule has 2 atom stereocenters. The Morgan fingerprint density at radius 2 is 1.89 bits per heavy atom. The van der Waals surface area contributed by atoms with Crippen molar-refractivity contribution in [3.05, 3.63) is 12.2 Å². The summed E-state index contributed by atoms with van der Waals surface area (Å²) >= 11 is 0. The van der Waals surface area contributed by atoms with E-state index in [9.17, 15) is 14.7 Å². The van der Waals surface area contributed by atoms with Crippen LogP contribution in [0.25, 0.3) is 0 Å². The van der Waals surface area contributed by atoms with Crippen LogP contribution in [0, 0.1) is 11.8 Å². The first kappa shape index (κ1) is 15.7. The number of likely N-dealkylation sites (N-methyl/N-ethyl adjacent to an activating group) is 1. The number of aliphatic carboxylic acids is 1. The molecule has 1 amide bonds. The second-order valence-corrected chi connectivity index (χ2v) is 4.61. The second-order valence-electron chi connectivity index (χ2n) is 4.61. The van der Waals surface area contributed by atoms with Crippen molar-refractivity contribution in [2.45, 2.75) is 26.7 Å². The normalized spacial score (nSPS) is 22.2. The predicted octanol–water partition coefficient (Wildman–Crippen LogP) is 1.54. The molecule has 1 aliphatic rings. The monoisotopic (exact) mass is 269 g/mol. The molecule has 1 aliphatic carbocycles. The molecule has 0 saturated carbocycles. The highest BCUT2D eigenvalue weighted by atomic mass is 16.5. The van der Waals surface area contributed by atoms with Gasteiger partial charge in [0.1, 0.15) is 0 Å². The fourth-order valence-corrected chi connectivity index (χ4v) is 2.34. The minimum absolute atomic E-state index is 0.0704. The van der Waals surface area contributed by atoms with Gasteiger partial charge < -0.3 is 14.7 Å². The quantitative estimate of drug-likeness (QED) is 0.562. The molecular weight excluding hydrogens is 246 g/mol. The lowest BCUT2D eigenvalue weighted by Gasteiger charge is -2.30. The van der Waals surface area contributed by atoms with Gasteiger partial charge in [-0.3, -0.25) is 9.59 Å². The summed E-state index contributed by atoms with van der Waals surface area (Å²) in [5, 5.41) is 9.20. The minimum atomic E-state index is -0.886. The first-order chi connectivity index (χ1) is 9.11. The summed E-state index contributed by atoms with van der Waals surface area (Å²) in [6.07, 6.45) is 4.70. The Labute approximate surface area is 114 Å². The van der Waals surface area contributed by atoms with E-state index in [1.165, 1.54) is 0 Å². The molecule has 0 aliphatic heterocycles. The number of carboxylic acid groups (broad SMARTS) is 1. The molecule has 0 fully saturated rings. The standard InChI is InChI=1S/C14H23NO4/c1-3-15(9-10-19-4-2)13(16)11-7-5-6-8-12(11)14(17)18/h5-6,11-12H,3-4,7-10H2,1-2H3,(H,17,18)/t11-,12+/m1/s1. The number of carboxylic acids is 1. The molecule has 1 N–H and O–H groups in total. The average Bonchev–Trinajstić information content (AvgIpc) is 2.43. The van der Waals surface area contributed by atoms with Gasteiger partial charge in [0.25, 0.3) is 0 Å². The number of carbonyl (C=O) groups is 2. The van der Waals surface area contributed by atoms with E-state index in [1.807, 2.05) is 26.0 Å². The van der Waals surface area contributed by atoms with Crippen LogP contribution < -0.4 is 0 Å². The third-order valence-corrected chi connectivity index (χ3v) is 3.47. The van der Waals surface area contributed by atoms with E-state index in [2.05, 4.69) is 0 Å². The maximum absolute atomic E-state index is 12.4. The summed E-state index contributed by atoms with van der Waals surface area (Å²) in [5.74, 6) is -2.00. The van der Waals surface area contributed by atoms with E-state index in [1.54, 1.807) is 4.90 Å². The van der Waals surface area contributed by atoms with Crippen LogP contribution in [0.3, 0.4) is 0 Å². The van der Waals surface area contributed by atoms with E-state index in [0.29, 0.717) is 39.1 Å². The second kappa shape index (κ2) is 7.94. The molecule has 0 aromatic rings. The van der Waals surface area contributed by atoms with Crippen LogP contribution in [0.2, 0.25) is 0 Å². The summed E-state index contributed by atoms with van der Waals surface area (Å²) < 4.78 is 5.25. The highest BCUT2D eigenvalue weighted by Crippen LogP contribution is 2.27. The first-order valence-corrected chi connectivity index (χ1v) is 6.86. The van der Waals surface area contributed by atoms with Gasteiger partial charge in [-0.05, 0) is 26.7 Å². The van der Waals surface area contributed by atoms with Crippen LogP contribution in [0.15, 0.2) is 12.2 Å². The number of hydrogen-bond donors (Lipinski definition) is 1. The van der Waals surface area contributed by atoms with E-state index in [4.69, 9.17) is 4.74 Å². The Morgan fingerprint density at radius 3 is 2.42 bits per heavy atom. The van der Waals surface area contributed by atoms with Crippen molar-refractivity contribution in [3.8, 4) is 0 Å². The Hall–Kier alpha value is -1.36. The summed E-state index contributed by atoms with van der Waals surface area (Å²) in [6.45, 7) is 6.03.